The predicted molar refractivity (Wildman–Crippen MR) is 114 cm³/mol. The summed E-state index contributed by atoms with van der Waals surface area (Å²) in [5, 5.41) is 14.0. The Kier molecular flexibility index (Phi) is 6.31. The standard InChI is InChI=1S/C21H25N5O4/c1-14-4-3-5-18(15(14)2)23-20(27)13-24-8-10-25(11-9-24)21(28)16-6-7-17(22)19(12-16)26(29)30/h3-7,12H,8-11,13,22H2,1-2H3,(H,23,27). The third kappa shape index (κ3) is 4.74. The van der Waals surface area contributed by atoms with Gasteiger partial charge in [-0.2, -0.15) is 0 Å². The highest BCUT2D eigenvalue weighted by Crippen LogP contribution is 2.23. The van der Waals surface area contributed by atoms with Crippen LogP contribution in [0.15, 0.2) is 36.4 Å². The van der Waals surface area contributed by atoms with Crippen LogP contribution in [-0.2, 0) is 4.79 Å². The number of rotatable bonds is 5. The summed E-state index contributed by atoms with van der Waals surface area (Å²) in [7, 11) is 0. The molecule has 0 aromatic heterocycles. The highest BCUT2D eigenvalue weighted by atomic mass is 16.6. The molecule has 0 aliphatic carbocycles. The van der Waals surface area contributed by atoms with Gasteiger partial charge in [-0.1, -0.05) is 12.1 Å². The quantitative estimate of drug-likeness (QED) is 0.442. The summed E-state index contributed by atoms with van der Waals surface area (Å²) < 4.78 is 0. The van der Waals surface area contributed by atoms with Crippen molar-refractivity contribution in [2.24, 2.45) is 0 Å². The second-order valence-electron chi connectivity index (χ2n) is 7.39. The molecule has 30 heavy (non-hydrogen) atoms. The van der Waals surface area contributed by atoms with Crippen molar-refractivity contribution >= 4 is 28.9 Å². The Hall–Kier alpha value is -3.46. The molecule has 2 amide bonds. The van der Waals surface area contributed by atoms with E-state index in [4.69, 9.17) is 5.73 Å². The number of nitrogen functional groups attached to an aromatic ring is 1. The van der Waals surface area contributed by atoms with Crippen LogP contribution in [0.25, 0.3) is 0 Å². The molecule has 1 heterocycles. The topological polar surface area (TPSA) is 122 Å². The van der Waals surface area contributed by atoms with Crippen molar-refractivity contribution in [3.63, 3.8) is 0 Å². The van der Waals surface area contributed by atoms with Gasteiger partial charge in [0.25, 0.3) is 11.6 Å². The van der Waals surface area contributed by atoms with Gasteiger partial charge in [0.05, 0.1) is 11.5 Å². The first kappa shape index (κ1) is 21.3. The van der Waals surface area contributed by atoms with Crippen LogP contribution >= 0.6 is 0 Å². The Morgan fingerprint density at radius 1 is 1.13 bits per heavy atom. The van der Waals surface area contributed by atoms with Gasteiger partial charge < -0.3 is 16.0 Å². The highest BCUT2D eigenvalue weighted by molar-refractivity contribution is 5.96. The first-order valence-electron chi connectivity index (χ1n) is 9.68. The third-order valence-corrected chi connectivity index (χ3v) is 5.38. The Morgan fingerprint density at radius 3 is 2.50 bits per heavy atom. The van der Waals surface area contributed by atoms with Crippen LogP contribution in [0.1, 0.15) is 21.5 Å². The number of carbonyl (C=O) groups excluding carboxylic acids is 2. The molecule has 0 spiro atoms. The minimum Gasteiger partial charge on any atom is -0.393 e. The molecule has 3 rings (SSSR count). The lowest BCUT2D eigenvalue weighted by Gasteiger charge is -2.34. The predicted octanol–water partition coefficient (Wildman–Crippen LogP) is 2.19. The summed E-state index contributed by atoms with van der Waals surface area (Å²) in [6, 6.07) is 9.86. The summed E-state index contributed by atoms with van der Waals surface area (Å²) in [5.74, 6) is -0.379. The van der Waals surface area contributed by atoms with E-state index in [1.807, 2.05) is 36.9 Å². The van der Waals surface area contributed by atoms with Gasteiger partial charge in [0.15, 0.2) is 0 Å². The van der Waals surface area contributed by atoms with Gasteiger partial charge in [-0.3, -0.25) is 24.6 Å². The summed E-state index contributed by atoms with van der Waals surface area (Å²) >= 11 is 0. The number of piperazine rings is 1. The molecule has 1 fully saturated rings. The molecule has 0 saturated carbocycles. The summed E-state index contributed by atoms with van der Waals surface area (Å²) in [5.41, 5.74) is 8.54. The van der Waals surface area contributed by atoms with Crippen molar-refractivity contribution in [3.8, 4) is 0 Å². The van der Waals surface area contributed by atoms with Crippen molar-refractivity contribution < 1.29 is 14.5 Å². The van der Waals surface area contributed by atoms with Gasteiger partial charge in [-0.25, -0.2) is 0 Å². The molecule has 1 aliphatic heterocycles. The zero-order valence-electron chi connectivity index (χ0n) is 17.1. The fraction of sp³-hybridized carbons (Fsp3) is 0.333. The van der Waals surface area contributed by atoms with E-state index in [-0.39, 0.29) is 35.3 Å². The third-order valence-electron chi connectivity index (χ3n) is 5.38. The van der Waals surface area contributed by atoms with Crippen molar-refractivity contribution in [1.82, 2.24) is 9.80 Å². The number of anilines is 2. The second-order valence-corrected chi connectivity index (χ2v) is 7.39. The fourth-order valence-corrected chi connectivity index (χ4v) is 3.41. The fourth-order valence-electron chi connectivity index (χ4n) is 3.41. The number of carbonyl (C=O) groups is 2. The van der Waals surface area contributed by atoms with Crippen molar-refractivity contribution in [3.05, 3.63) is 63.2 Å². The number of aryl methyl sites for hydroxylation is 1. The van der Waals surface area contributed by atoms with E-state index in [0.717, 1.165) is 16.8 Å². The molecule has 0 bridgehead atoms. The molecule has 3 N–H and O–H groups in total. The van der Waals surface area contributed by atoms with Crippen LogP contribution in [0.2, 0.25) is 0 Å². The Morgan fingerprint density at radius 2 is 1.83 bits per heavy atom. The molecule has 158 valence electrons. The molecular weight excluding hydrogens is 386 g/mol. The van der Waals surface area contributed by atoms with Crippen molar-refractivity contribution in [2.45, 2.75) is 13.8 Å². The van der Waals surface area contributed by atoms with E-state index >= 15 is 0 Å². The van der Waals surface area contributed by atoms with E-state index in [1.165, 1.54) is 18.2 Å². The lowest BCUT2D eigenvalue weighted by molar-refractivity contribution is -0.383. The van der Waals surface area contributed by atoms with Crippen molar-refractivity contribution in [2.75, 3.05) is 43.8 Å². The van der Waals surface area contributed by atoms with Crippen LogP contribution in [0.4, 0.5) is 17.1 Å². The number of benzene rings is 2. The summed E-state index contributed by atoms with van der Waals surface area (Å²) in [6.45, 7) is 6.17. The van der Waals surface area contributed by atoms with Crippen LogP contribution in [0, 0.1) is 24.0 Å². The molecule has 9 heteroatoms. The minimum absolute atomic E-state index is 0.0243. The lowest BCUT2D eigenvalue weighted by atomic mass is 10.1. The molecular formula is C21H25N5O4. The summed E-state index contributed by atoms with van der Waals surface area (Å²) in [6.07, 6.45) is 0. The number of amides is 2. The number of hydrogen-bond donors (Lipinski definition) is 2. The summed E-state index contributed by atoms with van der Waals surface area (Å²) in [4.78, 5) is 39.2. The minimum atomic E-state index is -0.599. The van der Waals surface area contributed by atoms with Crippen LogP contribution in [0.5, 0.6) is 0 Å². The zero-order valence-corrected chi connectivity index (χ0v) is 17.1. The SMILES string of the molecule is Cc1cccc(NC(=O)CN2CCN(C(=O)c3ccc(N)c([N+](=O)[O-])c3)CC2)c1C. The normalized spacial score (nSPS) is 14.4. The van der Waals surface area contributed by atoms with Crippen LogP contribution < -0.4 is 11.1 Å². The Balaban J connectivity index is 1.55. The maximum Gasteiger partial charge on any atom is 0.292 e. The van der Waals surface area contributed by atoms with Gasteiger partial charge in [-0.05, 0) is 43.2 Å². The number of nitro groups is 1. The van der Waals surface area contributed by atoms with Gasteiger partial charge in [0.1, 0.15) is 5.69 Å². The number of nitrogens with zero attached hydrogens (tertiary/aromatic N) is 3. The van der Waals surface area contributed by atoms with Gasteiger partial charge in [0, 0.05) is 43.5 Å². The van der Waals surface area contributed by atoms with E-state index in [1.54, 1.807) is 4.90 Å². The smallest absolute Gasteiger partial charge is 0.292 e. The van der Waals surface area contributed by atoms with E-state index in [0.29, 0.717) is 26.2 Å². The molecule has 0 radical (unpaired) electrons. The largest absolute Gasteiger partial charge is 0.393 e. The molecule has 0 atom stereocenters. The lowest BCUT2D eigenvalue weighted by Crippen LogP contribution is -2.50. The number of nitrogens with one attached hydrogen (secondary N) is 1. The first-order valence-corrected chi connectivity index (χ1v) is 9.68. The van der Waals surface area contributed by atoms with E-state index < -0.39 is 4.92 Å². The zero-order chi connectivity index (χ0) is 21.8. The second kappa shape index (κ2) is 8.91. The molecule has 2 aromatic rings. The monoisotopic (exact) mass is 411 g/mol. The van der Waals surface area contributed by atoms with Crippen LogP contribution in [0.3, 0.4) is 0 Å². The number of nitro benzene ring substituents is 1. The molecule has 1 aliphatic rings. The van der Waals surface area contributed by atoms with Gasteiger partial charge >= 0.3 is 0 Å². The van der Waals surface area contributed by atoms with Crippen LogP contribution in [-0.4, -0.2) is 59.3 Å². The highest BCUT2D eigenvalue weighted by Gasteiger charge is 2.25. The molecule has 1 saturated heterocycles. The molecule has 9 nitrogen and oxygen atoms in total. The van der Waals surface area contributed by atoms with Crippen molar-refractivity contribution in [1.29, 1.82) is 0 Å². The number of nitrogens with two attached hydrogens (primary N) is 1. The molecule has 0 unspecified atom stereocenters. The number of hydrogen-bond acceptors (Lipinski definition) is 6. The Labute approximate surface area is 174 Å². The van der Waals surface area contributed by atoms with Gasteiger partial charge in [0.2, 0.25) is 5.91 Å². The first-order chi connectivity index (χ1) is 14.3. The molecule has 2 aromatic carbocycles. The van der Waals surface area contributed by atoms with Gasteiger partial charge in [-0.15, -0.1) is 0 Å². The van der Waals surface area contributed by atoms with E-state index in [9.17, 15) is 19.7 Å². The maximum absolute atomic E-state index is 12.7. The average Bonchev–Trinajstić information content (AvgIpc) is 2.71. The van der Waals surface area contributed by atoms with E-state index in [2.05, 4.69) is 5.32 Å². The average molecular weight is 411 g/mol. The Bertz CT molecular complexity index is 983. The maximum atomic E-state index is 12.7.